The molecule has 0 spiro atoms. The molecule has 0 N–H and O–H groups in total. The van der Waals surface area contributed by atoms with Crippen molar-refractivity contribution in [1.29, 1.82) is 0 Å². The van der Waals surface area contributed by atoms with Gasteiger partial charge in [0.25, 0.3) is 11.6 Å². The highest BCUT2D eigenvalue weighted by atomic mass is 16.6. The second kappa shape index (κ2) is 11.8. The van der Waals surface area contributed by atoms with Crippen molar-refractivity contribution in [2.24, 2.45) is 0 Å². The number of non-ortho nitro benzene ring substituents is 1. The summed E-state index contributed by atoms with van der Waals surface area (Å²) in [6, 6.07) is 22.3. The minimum absolute atomic E-state index is 0.0793. The SMILES string of the molecule is CCCCCCC(=O)N1c2ccccc2C(N(C(=O)c2ccccc2)c2cccc([N+](=O)[O-])c2)CC1C. The standard InChI is InChI=1S/C30H33N3O4/c1-3-4-5-9-19-29(34)31-22(2)20-28(26-17-10-11-18-27(26)31)32(30(35)23-13-7-6-8-14-23)24-15-12-16-25(21-24)33(36)37/h6-8,10-18,21-22,28H,3-5,9,19-20H2,1-2H3. The van der Waals surface area contributed by atoms with Crippen molar-refractivity contribution in [2.75, 3.05) is 9.80 Å². The lowest BCUT2D eigenvalue weighted by Crippen LogP contribution is -2.47. The molecule has 2 unspecified atom stereocenters. The first-order valence-corrected chi connectivity index (χ1v) is 13.0. The number of unbranched alkanes of at least 4 members (excludes halogenated alkanes) is 3. The van der Waals surface area contributed by atoms with E-state index in [1.54, 1.807) is 41.3 Å². The summed E-state index contributed by atoms with van der Waals surface area (Å²) in [5, 5.41) is 11.5. The molecule has 192 valence electrons. The van der Waals surface area contributed by atoms with Crippen LogP contribution >= 0.6 is 0 Å². The molecule has 1 heterocycles. The number of fused-ring (bicyclic) bond motifs is 1. The molecule has 3 aromatic rings. The van der Waals surface area contributed by atoms with Crippen LogP contribution in [0.15, 0.2) is 78.9 Å². The summed E-state index contributed by atoms with van der Waals surface area (Å²) in [6.07, 6.45) is 5.11. The first kappa shape index (κ1) is 26.1. The molecule has 0 saturated carbocycles. The van der Waals surface area contributed by atoms with Crippen molar-refractivity contribution < 1.29 is 14.5 Å². The second-order valence-electron chi connectivity index (χ2n) is 9.55. The van der Waals surface area contributed by atoms with E-state index in [9.17, 15) is 19.7 Å². The number of nitrogens with zero attached hydrogens (tertiary/aromatic N) is 3. The van der Waals surface area contributed by atoms with Gasteiger partial charge in [-0.15, -0.1) is 0 Å². The number of nitro groups is 1. The molecule has 1 aliphatic heterocycles. The number of rotatable bonds is 9. The van der Waals surface area contributed by atoms with Crippen molar-refractivity contribution in [2.45, 2.75) is 64.5 Å². The second-order valence-corrected chi connectivity index (χ2v) is 9.55. The van der Waals surface area contributed by atoms with Crippen molar-refractivity contribution in [3.63, 3.8) is 0 Å². The number of carbonyl (C=O) groups excluding carboxylic acids is 2. The zero-order chi connectivity index (χ0) is 26.4. The van der Waals surface area contributed by atoms with E-state index in [4.69, 9.17) is 0 Å². The molecular weight excluding hydrogens is 466 g/mol. The smallest absolute Gasteiger partial charge is 0.271 e. The lowest BCUT2D eigenvalue weighted by molar-refractivity contribution is -0.384. The van der Waals surface area contributed by atoms with Gasteiger partial charge in [-0.3, -0.25) is 19.7 Å². The van der Waals surface area contributed by atoms with Crippen LogP contribution in [-0.4, -0.2) is 22.8 Å². The number of hydrogen-bond donors (Lipinski definition) is 0. The lowest BCUT2D eigenvalue weighted by Gasteiger charge is -2.43. The minimum Gasteiger partial charge on any atom is -0.309 e. The van der Waals surface area contributed by atoms with E-state index in [0.717, 1.165) is 36.9 Å². The molecule has 7 nitrogen and oxygen atoms in total. The van der Waals surface area contributed by atoms with Crippen LogP contribution in [0, 0.1) is 10.1 Å². The summed E-state index contributed by atoms with van der Waals surface area (Å²) in [5.41, 5.74) is 2.52. The third-order valence-electron chi connectivity index (χ3n) is 6.94. The van der Waals surface area contributed by atoms with Gasteiger partial charge in [0.05, 0.1) is 16.7 Å². The van der Waals surface area contributed by atoms with Crippen molar-refractivity contribution in [3.05, 3.63) is 100 Å². The number of para-hydroxylation sites is 1. The Hall–Kier alpha value is -4.00. The summed E-state index contributed by atoms with van der Waals surface area (Å²) in [4.78, 5) is 41.9. The number of carbonyl (C=O) groups is 2. The van der Waals surface area contributed by atoms with Crippen LogP contribution in [0.4, 0.5) is 17.1 Å². The molecule has 0 saturated heterocycles. The Bertz CT molecular complexity index is 1260. The Morgan fingerprint density at radius 1 is 0.973 bits per heavy atom. The quantitative estimate of drug-likeness (QED) is 0.179. The summed E-state index contributed by atoms with van der Waals surface area (Å²) < 4.78 is 0. The van der Waals surface area contributed by atoms with E-state index in [0.29, 0.717) is 24.1 Å². The van der Waals surface area contributed by atoms with Crippen LogP contribution in [0.2, 0.25) is 0 Å². The van der Waals surface area contributed by atoms with Crippen molar-refractivity contribution >= 4 is 28.9 Å². The number of nitro benzene ring substituents is 1. The highest BCUT2D eigenvalue weighted by Gasteiger charge is 2.38. The summed E-state index contributed by atoms with van der Waals surface area (Å²) >= 11 is 0. The fraction of sp³-hybridized carbons (Fsp3) is 0.333. The third-order valence-corrected chi connectivity index (χ3v) is 6.94. The Kier molecular flexibility index (Phi) is 8.33. The van der Waals surface area contributed by atoms with Crippen LogP contribution in [-0.2, 0) is 4.79 Å². The molecule has 4 rings (SSSR count). The summed E-state index contributed by atoms with van der Waals surface area (Å²) in [7, 11) is 0. The van der Waals surface area contributed by atoms with Gasteiger partial charge in [-0.25, -0.2) is 0 Å². The van der Waals surface area contributed by atoms with E-state index >= 15 is 0 Å². The predicted octanol–water partition coefficient (Wildman–Crippen LogP) is 7.08. The lowest BCUT2D eigenvalue weighted by atomic mass is 9.89. The van der Waals surface area contributed by atoms with Gasteiger partial charge in [-0.05, 0) is 49.6 Å². The highest BCUT2D eigenvalue weighted by molar-refractivity contribution is 6.07. The van der Waals surface area contributed by atoms with E-state index < -0.39 is 11.0 Å². The fourth-order valence-corrected chi connectivity index (χ4v) is 5.14. The largest absolute Gasteiger partial charge is 0.309 e. The molecule has 37 heavy (non-hydrogen) atoms. The molecule has 1 aliphatic rings. The number of amides is 2. The van der Waals surface area contributed by atoms with Gasteiger partial charge in [0.15, 0.2) is 0 Å². The Morgan fingerprint density at radius 2 is 1.70 bits per heavy atom. The van der Waals surface area contributed by atoms with Gasteiger partial charge < -0.3 is 9.80 Å². The minimum atomic E-state index is -0.453. The first-order chi connectivity index (χ1) is 17.9. The van der Waals surface area contributed by atoms with Crippen LogP contribution in [0.5, 0.6) is 0 Å². The average molecular weight is 500 g/mol. The van der Waals surface area contributed by atoms with Gasteiger partial charge in [0, 0.05) is 35.8 Å². The number of hydrogen-bond acceptors (Lipinski definition) is 4. The Balaban J connectivity index is 1.76. The Morgan fingerprint density at radius 3 is 2.43 bits per heavy atom. The topological polar surface area (TPSA) is 83.8 Å². The molecule has 0 aliphatic carbocycles. The van der Waals surface area contributed by atoms with E-state index in [1.165, 1.54) is 12.1 Å². The molecule has 3 aromatic carbocycles. The van der Waals surface area contributed by atoms with Crippen molar-refractivity contribution in [3.8, 4) is 0 Å². The first-order valence-electron chi connectivity index (χ1n) is 13.0. The van der Waals surface area contributed by atoms with Gasteiger partial charge in [0.1, 0.15) is 0 Å². The molecule has 7 heteroatoms. The molecule has 2 atom stereocenters. The Labute approximate surface area is 217 Å². The monoisotopic (exact) mass is 499 g/mol. The maximum absolute atomic E-state index is 13.9. The molecule has 2 amide bonds. The highest BCUT2D eigenvalue weighted by Crippen LogP contribution is 2.43. The van der Waals surface area contributed by atoms with Crippen LogP contribution in [0.3, 0.4) is 0 Å². The zero-order valence-electron chi connectivity index (χ0n) is 21.4. The van der Waals surface area contributed by atoms with Crippen molar-refractivity contribution in [1.82, 2.24) is 0 Å². The fourth-order valence-electron chi connectivity index (χ4n) is 5.14. The maximum Gasteiger partial charge on any atom is 0.271 e. The average Bonchev–Trinajstić information content (AvgIpc) is 2.91. The van der Waals surface area contributed by atoms with Crippen LogP contribution < -0.4 is 9.80 Å². The summed E-state index contributed by atoms with van der Waals surface area (Å²) in [5.74, 6) is -0.154. The third kappa shape index (κ3) is 5.71. The summed E-state index contributed by atoms with van der Waals surface area (Å²) in [6.45, 7) is 4.15. The van der Waals surface area contributed by atoms with Crippen LogP contribution in [0.25, 0.3) is 0 Å². The number of benzene rings is 3. The van der Waals surface area contributed by atoms with Gasteiger partial charge in [-0.1, -0.05) is 68.7 Å². The van der Waals surface area contributed by atoms with Crippen LogP contribution in [0.1, 0.15) is 74.3 Å². The predicted molar refractivity (Wildman–Crippen MR) is 146 cm³/mol. The number of anilines is 2. The van der Waals surface area contributed by atoms with E-state index in [2.05, 4.69) is 6.92 Å². The molecule has 0 bridgehead atoms. The molecule has 0 aromatic heterocycles. The zero-order valence-corrected chi connectivity index (χ0v) is 21.4. The normalized spacial score (nSPS) is 16.6. The van der Waals surface area contributed by atoms with Gasteiger partial charge >= 0.3 is 0 Å². The van der Waals surface area contributed by atoms with E-state index in [1.807, 2.05) is 42.2 Å². The molecular formula is C30H33N3O4. The van der Waals surface area contributed by atoms with Gasteiger partial charge in [-0.2, -0.15) is 0 Å². The molecule has 0 fully saturated rings. The maximum atomic E-state index is 13.9. The van der Waals surface area contributed by atoms with Gasteiger partial charge in [0.2, 0.25) is 5.91 Å². The molecule has 0 radical (unpaired) electrons. The van der Waals surface area contributed by atoms with E-state index in [-0.39, 0.29) is 23.5 Å².